The van der Waals surface area contributed by atoms with Crippen molar-refractivity contribution in [1.82, 2.24) is 10.6 Å². The molecule has 1 atom stereocenters. The van der Waals surface area contributed by atoms with Gasteiger partial charge in [0.05, 0.1) is 7.11 Å². The molecule has 2 rings (SSSR count). The molecule has 0 unspecified atom stereocenters. The van der Waals surface area contributed by atoms with Gasteiger partial charge in [-0.25, -0.2) is 0 Å². The molecule has 0 radical (unpaired) electrons. The number of methoxy groups -OCH3 is 1. The standard InChI is InChI=1S/C11H15BrN2O2.ClH/c1-16-10-5-7(12)4-8(11(10)15)9-6-13-2-3-14-9;/h4-5,9,13-15H,2-3,6H2,1H3;1H/t9-;/m0./s1. The summed E-state index contributed by atoms with van der Waals surface area (Å²) in [5.41, 5.74) is 0.860. The Bertz CT molecular complexity index is 384. The van der Waals surface area contributed by atoms with Gasteiger partial charge in [-0.15, -0.1) is 12.4 Å². The SMILES string of the molecule is COc1cc(Br)cc([C@@H]2CNCCN2)c1O.Cl. The van der Waals surface area contributed by atoms with Crippen LogP contribution in [0.3, 0.4) is 0 Å². The Kier molecular flexibility index (Phi) is 5.52. The molecule has 1 aliphatic heterocycles. The van der Waals surface area contributed by atoms with Gasteiger partial charge in [0.25, 0.3) is 0 Å². The summed E-state index contributed by atoms with van der Waals surface area (Å²) < 4.78 is 6.04. The summed E-state index contributed by atoms with van der Waals surface area (Å²) in [5.74, 6) is 0.712. The highest BCUT2D eigenvalue weighted by Gasteiger charge is 2.20. The number of hydrogen-bond donors (Lipinski definition) is 3. The fourth-order valence-electron chi connectivity index (χ4n) is 1.89. The van der Waals surface area contributed by atoms with Gasteiger partial charge >= 0.3 is 0 Å². The number of phenolic OH excluding ortho intramolecular Hbond substituents is 1. The van der Waals surface area contributed by atoms with E-state index in [9.17, 15) is 5.11 Å². The van der Waals surface area contributed by atoms with Crippen LogP contribution in [0.4, 0.5) is 0 Å². The minimum absolute atomic E-state index is 0. The smallest absolute Gasteiger partial charge is 0.162 e. The van der Waals surface area contributed by atoms with Crippen molar-refractivity contribution in [1.29, 1.82) is 0 Å². The van der Waals surface area contributed by atoms with Crippen LogP contribution in [0, 0.1) is 0 Å². The van der Waals surface area contributed by atoms with E-state index in [0.29, 0.717) is 5.75 Å². The van der Waals surface area contributed by atoms with Crippen LogP contribution < -0.4 is 15.4 Å². The average Bonchev–Trinajstić information content (AvgIpc) is 2.33. The van der Waals surface area contributed by atoms with Crippen LogP contribution >= 0.6 is 28.3 Å². The van der Waals surface area contributed by atoms with Crippen LogP contribution in [0.15, 0.2) is 16.6 Å². The van der Waals surface area contributed by atoms with E-state index in [1.165, 1.54) is 0 Å². The summed E-state index contributed by atoms with van der Waals surface area (Å²) in [7, 11) is 1.55. The lowest BCUT2D eigenvalue weighted by molar-refractivity contribution is 0.358. The van der Waals surface area contributed by atoms with E-state index in [-0.39, 0.29) is 24.2 Å². The quantitative estimate of drug-likeness (QED) is 0.777. The largest absolute Gasteiger partial charge is 0.504 e. The lowest BCUT2D eigenvalue weighted by atomic mass is 10.0. The molecule has 96 valence electrons. The Labute approximate surface area is 115 Å². The number of halogens is 2. The van der Waals surface area contributed by atoms with Gasteiger partial charge in [0.15, 0.2) is 11.5 Å². The summed E-state index contributed by atoms with van der Waals surface area (Å²) >= 11 is 3.42. The summed E-state index contributed by atoms with van der Waals surface area (Å²) in [4.78, 5) is 0. The molecule has 1 aromatic rings. The third-order valence-corrected chi connectivity index (χ3v) is 3.16. The van der Waals surface area contributed by atoms with Crippen molar-refractivity contribution in [3.63, 3.8) is 0 Å². The zero-order chi connectivity index (χ0) is 11.5. The normalized spacial score (nSPS) is 19.5. The molecular formula is C11H16BrClN2O2. The molecule has 6 heteroatoms. The van der Waals surface area contributed by atoms with Crippen molar-refractivity contribution in [2.45, 2.75) is 6.04 Å². The van der Waals surface area contributed by atoms with Gasteiger partial charge in [-0.2, -0.15) is 0 Å². The Balaban J connectivity index is 0.00000144. The first-order valence-electron chi connectivity index (χ1n) is 5.23. The number of hydrogen-bond acceptors (Lipinski definition) is 4. The maximum atomic E-state index is 10.1. The zero-order valence-corrected chi connectivity index (χ0v) is 11.9. The zero-order valence-electron chi connectivity index (χ0n) is 9.50. The highest BCUT2D eigenvalue weighted by atomic mass is 79.9. The minimum Gasteiger partial charge on any atom is -0.504 e. The van der Waals surface area contributed by atoms with Crippen molar-refractivity contribution >= 4 is 28.3 Å². The van der Waals surface area contributed by atoms with E-state index in [4.69, 9.17) is 4.74 Å². The molecule has 1 fully saturated rings. The molecule has 4 nitrogen and oxygen atoms in total. The van der Waals surface area contributed by atoms with Crippen molar-refractivity contribution < 1.29 is 9.84 Å². The first-order chi connectivity index (χ1) is 7.72. The third kappa shape index (κ3) is 3.25. The molecule has 0 aromatic heterocycles. The Hall–Kier alpha value is -0.490. The van der Waals surface area contributed by atoms with Crippen LogP contribution in [-0.4, -0.2) is 31.9 Å². The first-order valence-corrected chi connectivity index (χ1v) is 6.02. The highest BCUT2D eigenvalue weighted by Crippen LogP contribution is 2.36. The topological polar surface area (TPSA) is 53.5 Å². The fourth-order valence-corrected chi connectivity index (χ4v) is 2.34. The summed E-state index contributed by atoms with van der Waals surface area (Å²) in [5, 5.41) is 16.7. The van der Waals surface area contributed by atoms with Crippen molar-refractivity contribution in [2.24, 2.45) is 0 Å². The van der Waals surface area contributed by atoms with Crippen LogP contribution in [0.1, 0.15) is 11.6 Å². The number of nitrogens with one attached hydrogen (secondary N) is 2. The molecule has 0 saturated carbocycles. The molecule has 1 aromatic carbocycles. The molecule has 0 bridgehead atoms. The third-order valence-electron chi connectivity index (χ3n) is 2.71. The van der Waals surface area contributed by atoms with Gasteiger partial charge in [0.1, 0.15) is 0 Å². The van der Waals surface area contributed by atoms with Crippen LogP contribution in [-0.2, 0) is 0 Å². The number of aromatic hydroxyl groups is 1. The minimum atomic E-state index is 0. The van der Waals surface area contributed by atoms with Crippen LogP contribution in [0.5, 0.6) is 11.5 Å². The number of benzene rings is 1. The van der Waals surface area contributed by atoms with Crippen LogP contribution in [0.2, 0.25) is 0 Å². The molecule has 1 heterocycles. The van der Waals surface area contributed by atoms with Gasteiger partial charge in [-0.1, -0.05) is 15.9 Å². The van der Waals surface area contributed by atoms with E-state index in [0.717, 1.165) is 29.7 Å². The van der Waals surface area contributed by atoms with Crippen molar-refractivity contribution in [2.75, 3.05) is 26.7 Å². The molecule has 1 saturated heterocycles. The Morgan fingerprint density at radius 2 is 2.18 bits per heavy atom. The van der Waals surface area contributed by atoms with E-state index >= 15 is 0 Å². The Morgan fingerprint density at radius 1 is 1.41 bits per heavy atom. The molecule has 3 N–H and O–H groups in total. The number of ether oxygens (including phenoxy) is 1. The fraction of sp³-hybridized carbons (Fsp3) is 0.455. The molecule has 0 spiro atoms. The number of rotatable bonds is 2. The predicted molar refractivity (Wildman–Crippen MR) is 73.2 cm³/mol. The van der Waals surface area contributed by atoms with E-state index in [1.807, 2.05) is 6.07 Å². The highest BCUT2D eigenvalue weighted by molar-refractivity contribution is 9.10. The van der Waals surface area contributed by atoms with E-state index in [1.54, 1.807) is 13.2 Å². The van der Waals surface area contributed by atoms with Crippen molar-refractivity contribution in [3.05, 3.63) is 22.2 Å². The van der Waals surface area contributed by atoms with Gasteiger partial charge in [0.2, 0.25) is 0 Å². The molecular weight excluding hydrogens is 307 g/mol. The summed E-state index contributed by atoms with van der Waals surface area (Å²) in [6.07, 6.45) is 0. The summed E-state index contributed by atoms with van der Waals surface area (Å²) in [6, 6.07) is 3.80. The van der Waals surface area contributed by atoms with Crippen LogP contribution in [0.25, 0.3) is 0 Å². The van der Waals surface area contributed by atoms with E-state index < -0.39 is 0 Å². The Morgan fingerprint density at radius 3 is 2.76 bits per heavy atom. The first kappa shape index (κ1) is 14.6. The number of phenols is 1. The van der Waals surface area contributed by atoms with Gasteiger partial charge in [0, 0.05) is 35.7 Å². The van der Waals surface area contributed by atoms with Crippen molar-refractivity contribution in [3.8, 4) is 11.5 Å². The average molecular weight is 324 g/mol. The monoisotopic (exact) mass is 322 g/mol. The second-order valence-corrected chi connectivity index (χ2v) is 4.67. The maximum absolute atomic E-state index is 10.1. The summed E-state index contributed by atoms with van der Waals surface area (Å²) in [6.45, 7) is 2.68. The maximum Gasteiger partial charge on any atom is 0.162 e. The lowest BCUT2D eigenvalue weighted by Crippen LogP contribution is -2.42. The second kappa shape index (κ2) is 6.44. The molecule has 17 heavy (non-hydrogen) atoms. The van der Waals surface area contributed by atoms with Gasteiger partial charge in [-0.3, -0.25) is 0 Å². The molecule has 0 amide bonds. The van der Waals surface area contributed by atoms with Gasteiger partial charge < -0.3 is 20.5 Å². The second-order valence-electron chi connectivity index (χ2n) is 3.76. The predicted octanol–water partition coefficient (Wildman–Crippen LogP) is 1.82. The molecule has 1 aliphatic rings. The van der Waals surface area contributed by atoms with Gasteiger partial charge in [-0.05, 0) is 12.1 Å². The molecule has 0 aliphatic carbocycles. The van der Waals surface area contributed by atoms with E-state index in [2.05, 4.69) is 26.6 Å². The number of piperazine rings is 1. The lowest BCUT2D eigenvalue weighted by Gasteiger charge is -2.26.